The van der Waals surface area contributed by atoms with Gasteiger partial charge in [0.25, 0.3) is 5.91 Å². The van der Waals surface area contributed by atoms with Crippen LogP contribution in [0.2, 0.25) is 0 Å². The van der Waals surface area contributed by atoms with E-state index in [4.69, 9.17) is 9.47 Å². The fourth-order valence-corrected chi connectivity index (χ4v) is 4.15. The van der Waals surface area contributed by atoms with E-state index in [-0.39, 0.29) is 5.91 Å². The number of nitrogens with one attached hydrogen (secondary N) is 2. The van der Waals surface area contributed by atoms with E-state index in [9.17, 15) is 4.79 Å². The third-order valence-corrected chi connectivity index (χ3v) is 5.86. The van der Waals surface area contributed by atoms with Gasteiger partial charge in [0, 0.05) is 31.2 Å². The second kappa shape index (κ2) is 7.92. The Hall–Kier alpha value is -2.03. The Morgan fingerprint density at radius 2 is 2.11 bits per heavy atom. The van der Waals surface area contributed by atoms with Crippen LogP contribution in [0.3, 0.4) is 0 Å². The van der Waals surface area contributed by atoms with Crippen LogP contribution in [0.25, 0.3) is 0 Å². The maximum atomic E-state index is 12.7. The van der Waals surface area contributed by atoms with Gasteiger partial charge < -0.3 is 14.8 Å². The zero-order valence-electron chi connectivity index (χ0n) is 15.5. The molecule has 0 bridgehead atoms. The minimum atomic E-state index is -0.223. The van der Waals surface area contributed by atoms with Crippen LogP contribution in [-0.4, -0.2) is 48.5 Å². The molecule has 1 saturated carbocycles. The van der Waals surface area contributed by atoms with Crippen LogP contribution < -0.4 is 15.4 Å². The SMILES string of the molecule is COc1ccc([C@@H]2C[C@H]2NC2CCOCC2)cc1C(=O)Nc1nnc(C)s1. The highest BCUT2D eigenvalue weighted by Crippen LogP contribution is 2.42. The fourth-order valence-electron chi connectivity index (χ4n) is 3.56. The molecular formula is C19H24N4O3S. The third kappa shape index (κ3) is 4.28. The van der Waals surface area contributed by atoms with Crippen molar-refractivity contribution in [1.82, 2.24) is 15.5 Å². The molecule has 7 nitrogen and oxygen atoms in total. The van der Waals surface area contributed by atoms with Gasteiger partial charge in [-0.15, -0.1) is 10.2 Å². The molecule has 2 atom stereocenters. The number of methoxy groups -OCH3 is 1. The molecule has 0 radical (unpaired) electrons. The van der Waals surface area contributed by atoms with Crippen molar-refractivity contribution in [3.05, 3.63) is 34.3 Å². The topological polar surface area (TPSA) is 85.4 Å². The summed E-state index contributed by atoms with van der Waals surface area (Å²) in [6.45, 7) is 3.53. The van der Waals surface area contributed by atoms with Crippen LogP contribution in [0.15, 0.2) is 18.2 Å². The van der Waals surface area contributed by atoms with Crippen LogP contribution in [0.4, 0.5) is 5.13 Å². The van der Waals surface area contributed by atoms with Gasteiger partial charge in [0.15, 0.2) is 0 Å². The molecule has 4 rings (SSSR count). The quantitative estimate of drug-likeness (QED) is 0.791. The van der Waals surface area contributed by atoms with Crippen molar-refractivity contribution in [2.45, 2.75) is 44.2 Å². The van der Waals surface area contributed by atoms with Crippen LogP contribution >= 0.6 is 11.3 Å². The molecular weight excluding hydrogens is 364 g/mol. The highest BCUT2D eigenvalue weighted by molar-refractivity contribution is 7.15. The number of hydrogen-bond donors (Lipinski definition) is 2. The van der Waals surface area contributed by atoms with Crippen molar-refractivity contribution in [2.75, 3.05) is 25.6 Å². The summed E-state index contributed by atoms with van der Waals surface area (Å²) in [6, 6.07) is 6.89. The lowest BCUT2D eigenvalue weighted by atomic mass is 10.0. The number of nitrogens with zero attached hydrogens (tertiary/aromatic N) is 2. The number of hydrogen-bond acceptors (Lipinski definition) is 7. The van der Waals surface area contributed by atoms with Gasteiger partial charge in [-0.05, 0) is 43.9 Å². The Kier molecular flexibility index (Phi) is 5.38. The first-order valence-electron chi connectivity index (χ1n) is 9.27. The lowest BCUT2D eigenvalue weighted by Gasteiger charge is -2.23. The zero-order chi connectivity index (χ0) is 18.8. The predicted octanol–water partition coefficient (Wildman–Crippen LogP) is 2.73. The predicted molar refractivity (Wildman–Crippen MR) is 104 cm³/mol. The summed E-state index contributed by atoms with van der Waals surface area (Å²) in [6.07, 6.45) is 3.24. The second-order valence-corrected chi connectivity index (χ2v) is 8.22. The van der Waals surface area contributed by atoms with E-state index >= 15 is 0 Å². The first kappa shape index (κ1) is 18.3. The third-order valence-electron chi connectivity index (χ3n) is 5.10. The largest absolute Gasteiger partial charge is 0.496 e. The van der Waals surface area contributed by atoms with Gasteiger partial charge in [-0.3, -0.25) is 10.1 Å². The number of carbonyl (C=O) groups is 1. The molecule has 2 fully saturated rings. The zero-order valence-corrected chi connectivity index (χ0v) is 16.3. The highest BCUT2D eigenvalue weighted by Gasteiger charge is 2.40. The van der Waals surface area contributed by atoms with E-state index in [0.717, 1.165) is 37.5 Å². The van der Waals surface area contributed by atoms with Crippen LogP contribution in [0.5, 0.6) is 5.75 Å². The van der Waals surface area contributed by atoms with Crippen LogP contribution in [0, 0.1) is 6.92 Å². The molecule has 2 N–H and O–H groups in total. The Morgan fingerprint density at radius 3 is 2.81 bits per heavy atom. The van der Waals surface area contributed by atoms with Gasteiger partial charge in [0.2, 0.25) is 5.13 Å². The first-order valence-corrected chi connectivity index (χ1v) is 10.1. The summed E-state index contributed by atoms with van der Waals surface area (Å²) in [7, 11) is 1.58. The average molecular weight is 388 g/mol. The van der Waals surface area contributed by atoms with Crippen molar-refractivity contribution in [1.29, 1.82) is 0 Å². The summed E-state index contributed by atoms with van der Waals surface area (Å²) in [5, 5.41) is 15.7. The summed E-state index contributed by atoms with van der Waals surface area (Å²) >= 11 is 1.35. The lowest BCUT2D eigenvalue weighted by molar-refractivity contribution is 0.0774. The molecule has 0 unspecified atom stereocenters. The molecule has 27 heavy (non-hydrogen) atoms. The van der Waals surface area contributed by atoms with Crippen LogP contribution in [0.1, 0.15) is 46.1 Å². The number of ether oxygens (including phenoxy) is 2. The van der Waals surface area contributed by atoms with Crippen molar-refractivity contribution >= 4 is 22.4 Å². The minimum absolute atomic E-state index is 0.223. The van der Waals surface area contributed by atoms with E-state index < -0.39 is 0 Å². The molecule has 1 aromatic heterocycles. The van der Waals surface area contributed by atoms with Crippen molar-refractivity contribution in [2.24, 2.45) is 0 Å². The van der Waals surface area contributed by atoms with Crippen molar-refractivity contribution in [3.8, 4) is 5.75 Å². The van der Waals surface area contributed by atoms with E-state index in [1.165, 1.54) is 16.9 Å². The van der Waals surface area contributed by atoms with E-state index in [1.807, 2.05) is 19.1 Å². The summed E-state index contributed by atoms with van der Waals surface area (Å²) < 4.78 is 10.8. The van der Waals surface area contributed by atoms with E-state index in [2.05, 4.69) is 26.9 Å². The number of aryl methyl sites for hydroxylation is 1. The lowest BCUT2D eigenvalue weighted by Crippen LogP contribution is -2.36. The Bertz CT molecular complexity index is 819. The standard InChI is InChI=1S/C19H24N4O3S/c1-11-22-23-19(27-11)21-18(24)15-9-12(3-4-17(15)25-2)14-10-16(14)20-13-5-7-26-8-6-13/h3-4,9,13-14,16,20H,5-8,10H2,1-2H3,(H,21,23,24)/t14-,16+/m0/s1. The average Bonchev–Trinajstić information content (AvgIpc) is 3.33. The first-order chi connectivity index (χ1) is 13.1. The molecule has 2 heterocycles. The van der Waals surface area contributed by atoms with Gasteiger partial charge in [0.1, 0.15) is 10.8 Å². The molecule has 1 amide bonds. The molecule has 8 heteroatoms. The molecule has 0 spiro atoms. The molecule has 2 aromatic rings. The monoisotopic (exact) mass is 388 g/mol. The number of anilines is 1. The molecule has 2 aliphatic rings. The number of amides is 1. The molecule has 1 aliphatic heterocycles. The minimum Gasteiger partial charge on any atom is -0.496 e. The summed E-state index contributed by atoms with van der Waals surface area (Å²) in [4.78, 5) is 12.7. The van der Waals surface area contributed by atoms with Gasteiger partial charge in [-0.25, -0.2) is 0 Å². The number of rotatable bonds is 6. The Morgan fingerprint density at radius 1 is 1.30 bits per heavy atom. The molecule has 1 aromatic carbocycles. The smallest absolute Gasteiger partial charge is 0.261 e. The van der Waals surface area contributed by atoms with E-state index in [0.29, 0.717) is 34.4 Å². The molecule has 144 valence electrons. The maximum absolute atomic E-state index is 12.7. The molecule has 1 aliphatic carbocycles. The Balaban J connectivity index is 1.45. The number of benzene rings is 1. The van der Waals surface area contributed by atoms with Crippen LogP contribution in [-0.2, 0) is 4.74 Å². The van der Waals surface area contributed by atoms with Gasteiger partial charge in [0.05, 0.1) is 12.7 Å². The van der Waals surface area contributed by atoms with Crippen molar-refractivity contribution < 1.29 is 14.3 Å². The van der Waals surface area contributed by atoms with Gasteiger partial charge in [-0.1, -0.05) is 17.4 Å². The maximum Gasteiger partial charge on any atom is 0.261 e. The normalized spacial score (nSPS) is 22.4. The highest BCUT2D eigenvalue weighted by atomic mass is 32.1. The Labute approximate surface area is 162 Å². The van der Waals surface area contributed by atoms with E-state index in [1.54, 1.807) is 7.11 Å². The summed E-state index contributed by atoms with van der Waals surface area (Å²) in [5.41, 5.74) is 1.69. The fraction of sp³-hybridized carbons (Fsp3) is 0.526. The van der Waals surface area contributed by atoms with Gasteiger partial charge >= 0.3 is 0 Å². The van der Waals surface area contributed by atoms with Gasteiger partial charge in [-0.2, -0.15) is 0 Å². The second-order valence-electron chi connectivity index (χ2n) is 7.04. The number of aromatic nitrogens is 2. The molecule has 1 saturated heterocycles. The number of carbonyl (C=O) groups excluding carboxylic acids is 1. The summed E-state index contributed by atoms with van der Waals surface area (Å²) in [5.74, 6) is 0.778. The van der Waals surface area contributed by atoms with Crippen molar-refractivity contribution in [3.63, 3.8) is 0 Å².